The number of aliphatic hydroxyl groups is 1. The highest BCUT2D eigenvalue weighted by Gasteiger charge is 2.22. The molecule has 0 aromatic carbocycles. The smallest absolute Gasteiger partial charge is 0.221 e. The van der Waals surface area contributed by atoms with Gasteiger partial charge in [-0.15, -0.1) is 0 Å². The average molecular weight is 214 g/mol. The van der Waals surface area contributed by atoms with Crippen molar-refractivity contribution in [1.82, 2.24) is 10.6 Å². The van der Waals surface area contributed by atoms with Crippen LogP contribution in [0.4, 0.5) is 0 Å². The van der Waals surface area contributed by atoms with Crippen molar-refractivity contribution in [3.05, 3.63) is 0 Å². The first-order chi connectivity index (χ1) is 7.33. The summed E-state index contributed by atoms with van der Waals surface area (Å²) in [5.74, 6) is 0.167. The van der Waals surface area contributed by atoms with E-state index in [1.54, 1.807) is 0 Å². The van der Waals surface area contributed by atoms with Crippen molar-refractivity contribution in [3.8, 4) is 0 Å². The zero-order chi connectivity index (χ0) is 10.9. The highest BCUT2D eigenvalue weighted by Crippen LogP contribution is 2.18. The van der Waals surface area contributed by atoms with Gasteiger partial charge in [0.05, 0.1) is 0 Å². The number of carbonyl (C=O) groups is 1. The Morgan fingerprint density at radius 1 is 1.20 bits per heavy atom. The molecule has 4 heteroatoms. The van der Waals surface area contributed by atoms with Crippen molar-refractivity contribution in [1.29, 1.82) is 0 Å². The van der Waals surface area contributed by atoms with Gasteiger partial charge in [0, 0.05) is 25.6 Å². The van der Waals surface area contributed by atoms with Gasteiger partial charge in [0.15, 0.2) is 0 Å². The summed E-state index contributed by atoms with van der Waals surface area (Å²) in [5.41, 5.74) is 0. The van der Waals surface area contributed by atoms with Crippen molar-refractivity contribution in [2.45, 2.75) is 44.6 Å². The molecule has 0 radical (unpaired) electrons. The number of unbranched alkanes of at least 4 members (excludes halogenated alkanes) is 2. The van der Waals surface area contributed by atoms with Crippen LogP contribution in [0.15, 0.2) is 0 Å². The maximum atomic E-state index is 11.2. The lowest BCUT2D eigenvalue weighted by Gasteiger charge is -2.05. The second-order valence-electron chi connectivity index (χ2n) is 4.13. The van der Waals surface area contributed by atoms with Crippen LogP contribution in [0.5, 0.6) is 0 Å². The lowest BCUT2D eigenvalue weighted by molar-refractivity contribution is -0.121. The summed E-state index contributed by atoms with van der Waals surface area (Å²) >= 11 is 0. The minimum absolute atomic E-state index is 0.167. The molecule has 0 aliphatic heterocycles. The number of aliphatic hydroxyl groups excluding tert-OH is 1. The molecule has 4 nitrogen and oxygen atoms in total. The minimum Gasteiger partial charge on any atom is -0.396 e. The molecule has 1 amide bonds. The molecule has 1 fully saturated rings. The van der Waals surface area contributed by atoms with Gasteiger partial charge in [0.1, 0.15) is 0 Å². The first kappa shape index (κ1) is 12.5. The number of hydrogen-bond donors (Lipinski definition) is 3. The molecule has 1 rings (SSSR count). The summed E-state index contributed by atoms with van der Waals surface area (Å²) in [4.78, 5) is 11.2. The van der Waals surface area contributed by atoms with E-state index in [0.717, 1.165) is 45.2 Å². The van der Waals surface area contributed by atoms with Gasteiger partial charge in [0.2, 0.25) is 5.91 Å². The molecule has 3 N–H and O–H groups in total. The summed E-state index contributed by atoms with van der Waals surface area (Å²) in [6, 6.07) is 0.474. The topological polar surface area (TPSA) is 61.4 Å². The predicted molar refractivity (Wildman–Crippen MR) is 59.6 cm³/mol. The van der Waals surface area contributed by atoms with E-state index in [4.69, 9.17) is 5.11 Å². The van der Waals surface area contributed by atoms with E-state index in [9.17, 15) is 4.79 Å². The van der Waals surface area contributed by atoms with Crippen LogP contribution < -0.4 is 10.6 Å². The Morgan fingerprint density at radius 2 is 2.00 bits per heavy atom. The average Bonchev–Trinajstić information content (AvgIpc) is 3.00. The third kappa shape index (κ3) is 7.33. The van der Waals surface area contributed by atoms with E-state index in [2.05, 4.69) is 10.6 Å². The summed E-state index contributed by atoms with van der Waals surface area (Å²) in [7, 11) is 0. The number of carbonyl (C=O) groups excluding carboxylic acids is 1. The molecule has 1 saturated carbocycles. The molecule has 0 aromatic rings. The summed E-state index contributed by atoms with van der Waals surface area (Å²) in [5, 5.41) is 14.7. The minimum atomic E-state index is 0.167. The Balaban J connectivity index is 1.77. The van der Waals surface area contributed by atoms with Crippen molar-refractivity contribution >= 4 is 5.91 Å². The van der Waals surface area contributed by atoms with Gasteiger partial charge in [-0.3, -0.25) is 4.79 Å². The number of hydrogen-bond acceptors (Lipinski definition) is 3. The van der Waals surface area contributed by atoms with Crippen molar-refractivity contribution in [3.63, 3.8) is 0 Å². The lowest BCUT2D eigenvalue weighted by atomic mass is 10.2. The molecule has 0 saturated heterocycles. The van der Waals surface area contributed by atoms with Gasteiger partial charge in [0.25, 0.3) is 0 Å². The summed E-state index contributed by atoms with van der Waals surface area (Å²) in [6.45, 7) is 1.98. The van der Waals surface area contributed by atoms with Crippen LogP contribution in [0.1, 0.15) is 38.5 Å². The molecule has 0 aromatic heterocycles. The van der Waals surface area contributed by atoms with Crippen LogP contribution in [0, 0.1) is 0 Å². The van der Waals surface area contributed by atoms with E-state index < -0.39 is 0 Å². The summed E-state index contributed by atoms with van der Waals surface area (Å²) < 4.78 is 0. The Hall–Kier alpha value is -0.610. The van der Waals surface area contributed by atoms with Crippen LogP contribution in [-0.4, -0.2) is 36.8 Å². The quantitative estimate of drug-likeness (QED) is 0.487. The fourth-order valence-corrected chi connectivity index (χ4v) is 1.39. The second kappa shape index (κ2) is 7.65. The van der Waals surface area contributed by atoms with E-state index >= 15 is 0 Å². The molecule has 88 valence electrons. The zero-order valence-electron chi connectivity index (χ0n) is 9.30. The van der Waals surface area contributed by atoms with Crippen molar-refractivity contribution in [2.24, 2.45) is 0 Å². The second-order valence-corrected chi connectivity index (χ2v) is 4.13. The fourth-order valence-electron chi connectivity index (χ4n) is 1.39. The van der Waals surface area contributed by atoms with Gasteiger partial charge in [-0.05, 0) is 38.6 Å². The van der Waals surface area contributed by atoms with Crippen LogP contribution in [0.25, 0.3) is 0 Å². The van der Waals surface area contributed by atoms with Crippen LogP contribution >= 0.6 is 0 Å². The van der Waals surface area contributed by atoms with E-state index in [-0.39, 0.29) is 12.5 Å². The Kier molecular flexibility index (Phi) is 6.36. The maximum Gasteiger partial charge on any atom is 0.221 e. The lowest BCUT2D eigenvalue weighted by Crippen LogP contribution is -2.29. The Bertz CT molecular complexity index is 181. The van der Waals surface area contributed by atoms with Gasteiger partial charge >= 0.3 is 0 Å². The highest BCUT2D eigenvalue weighted by molar-refractivity contribution is 5.76. The number of nitrogens with one attached hydrogen (secondary N) is 2. The van der Waals surface area contributed by atoms with E-state index in [1.807, 2.05) is 0 Å². The monoisotopic (exact) mass is 214 g/mol. The van der Waals surface area contributed by atoms with E-state index in [0.29, 0.717) is 12.5 Å². The highest BCUT2D eigenvalue weighted by atomic mass is 16.2. The van der Waals surface area contributed by atoms with Gasteiger partial charge in [-0.2, -0.15) is 0 Å². The largest absolute Gasteiger partial charge is 0.396 e. The van der Waals surface area contributed by atoms with Gasteiger partial charge < -0.3 is 15.7 Å². The Morgan fingerprint density at radius 3 is 2.67 bits per heavy atom. The van der Waals surface area contributed by atoms with Crippen molar-refractivity contribution < 1.29 is 9.90 Å². The maximum absolute atomic E-state index is 11.2. The zero-order valence-corrected chi connectivity index (χ0v) is 9.30. The number of rotatable bonds is 9. The fraction of sp³-hybridized carbons (Fsp3) is 0.909. The molecule has 0 unspecified atom stereocenters. The third-order valence-corrected chi connectivity index (χ3v) is 2.48. The first-order valence-electron chi connectivity index (χ1n) is 5.94. The SMILES string of the molecule is O=C(CCNCCCCCO)NC1CC1. The van der Waals surface area contributed by atoms with E-state index in [1.165, 1.54) is 0 Å². The molecular formula is C11H22N2O2. The molecule has 15 heavy (non-hydrogen) atoms. The van der Waals surface area contributed by atoms with Crippen LogP contribution in [-0.2, 0) is 4.79 Å². The molecule has 1 aliphatic rings. The van der Waals surface area contributed by atoms with Gasteiger partial charge in [-0.25, -0.2) is 0 Å². The first-order valence-corrected chi connectivity index (χ1v) is 5.94. The predicted octanol–water partition coefficient (Wildman–Crippen LogP) is 0.407. The van der Waals surface area contributed by atoms with Crippen molar-refractivity contribution in [2.75, 3.05) is 19.7 Å². The molecule has 0 heterocycles. The molecule has 0 bridgehead atoms. The normalized spacial score (nSPS) is 15.3. The molecule has 1 aliphatic carbocycles. The molecular weight excluding hydrogens is 192 g/mol. The van der Waals surface area contributed by atoms with Crippen LogP contribution in [0.3, 0.4) is 0 Å². The molecule has 0 spiro atoms. The standard InChI is InChI=1S/C11H22N2O2/c14-9-3-1-2-7-12-8-6-11(15)13-10-4-5-10/h10,12,14H,1-9H2,(H,13,15). The van der Waals surface area contributed by atoms with Crippen LogP contribution in [0.2, 0.25) is 0 Å². The molecule has 0 atom stereocenters. The third-order valence-electron chi connectivity index (χ3n) is 2.48. The van der Waals surface area contributed by atoms with Gasteiger partial charge in [-0.1, -0.05) is 0 Å². The summed E-state index contributed by atoms with van der Waals surface area (Å²) in [6.07, 6.45) is 5.89. The number of amides is 1. The Labute approximate surface area is 91.4 Å².